The first-order valence-corrected chi connectivity index (χ1v) is 16.9. The Kier molecular flexibility index (Phi) is 5.86. The summed E-state index contributed by atoms with van der Waals surface area (Å²) in [5.74, 6) is 1.75. The second-order valence-corrected chi connectivity index (χ2v) is 12.8. The lowest BCUT2D eigenvalue weighted by atomic mass is 10.0. The molecule has 4 aromatic heterocycles. The number of aromatic nitrogens is 4. The Morgan fingerprint density at radius 1 is 0.373 bits per heavy atom. The fourth-order valence-electron chi connectivity index (χ4n) is 7.62. The maximum atomic E-state index is 6.64. The summed E-state index contributed by atoms with van der Waals surface area (Å²) in [6.45, 7) is 0. The fourth-order valence-corrected chi connectivity index (χ4v) is 7.62. The Labute approximate surface area is 290 Å². The smallest absolute Gasteiger partial charge is 0.164 e. The van der Waals surface area contributed by atoms with Crippen LogP contribution in [-0.4, -0.2) is 19.5 Å². The van der Waals surface area contributed by atoms with Crippen molar-refractivity contribution in [1.29, 1.82) is 0 Å². The number of hydrogen-bond donors (Lipinski definition) is 0. The van der Waals surface area contributed by atoms with Crippen molar-refractivity contribution in [3.8, 4) is 39.9 Å². The summed E-state index contributed by atoms with van der Waals surface area (Å²) in [4.78, 5) is 15.4. The third-order valence-electron chi connectivity index (χ3n) is 9.86. The molecule has 0 aliphatic carbocycles. The van der Waals surface area contributed by atoms with Gasteiger partial charge in [0.05, 0.1) is 11.0 Å². The summed E-state index contributed by atoms with van der Waals surface area (Å²) in [6, 6.07) is 53.8. The first kappa shape index (κ1) is 27.9. The van der Waals surface area contributed by atoms with Crippen LogP contribution in [0.25, 0.3) is 106 Å². The molecule has 0 saturated heterocycles. The number of furan rings is 2. The Bertz CT molecular complexity index is 3140. The molecule has 51 heavy (non-hydrogen) atoms. The second-order valence-electron chi connectivity index (χ2n) is 12.8. The van der Waals surface area contributed by atoms with Gasteiger partial charge in [-0.15, -0.1) is 0 Å². The zero-order valence-corrected chi connectivity index (χ0v) is 27.1. The highest BCUT2D eigenvalue weighted by Gasteiger charge is 2.22. The average molecular weight is 655 g/mol. The minimum Gasteiger partial charge on any atom is -0.456 e. The van der Waals surface area contributed by atoms with Crippen LogP contribution in [0.15, 0.2) is 167 Å². The van der Waals surface area contributed by atoms with E-state index in [9.17, 15) is 0 Å². The first-order chi connectivity index (χ1) is 25.3. The Balaban J connectivity index is 1.20. The van der Waals surface area contributed by atoms with Gasteiger partial charge in [0.15, 0.2) is 17.5 Å². The highest BCUT2D eigenvalue weighted by Crippen LogP contribution is 2.42. The van der Waals surface area contributed by atoms with Gasteiger partial charge in [0.25, 0.3) is 0 Å². The van der Waals surface area contributed by atoms with E-state index in [4.69, 9.17) is 23.8 Å². The Morgan fingerprint density at radius 3 is 1.69 bits per heavy atom. The average Bonchev–Trinajstić information content (AvgIpc) is 3.86. The molecule has 11 aromatic rings. The monoisotopic (exact) mass is 654 g/mol. The SMILES string of the molecule is c1ccc(-c2nc(-c3cccc4oc5ccccc5c34)nc(-c3cccc4oc5cc6c(cc5c34)c3ccccc3n6-c3ccccc3)n2)cc1. The van der Waals surface area contributed by atoms with Crippen molar-refractivity contribution in [2.24, 2.45) is 0 Å². The van der Waals surface area contributed by atoms with Crippen molar-refractivity contribution in [2.45, 2.75) is 0 Å². The van der Waals surface area contributed by atoms with E-state index in [1.165, 1.54) is 5.39 Å². The van der Waals surface area contributed by atoms with Crippen molar-refractivity contribution < 1.29 is 8.83 Å². The quantitative estimate of drug-likeness (QED) is 0.189. The van der Waals surface area contributed by atoms with Crippen LogP contribution < -0.4 is 0 Å². The minimum absolute atomic E-state index is 0.573. The van der Waals surface area contributed by atoms with Gasteiger partial charge in [0.1, 0.15) is 22.3 Å². The number of nitrogens with zero attached hydrogens (tertiary/aromatic N) is 4. The fraction of sp³-hybridized carbons (Fsp3) is 0. The molecule has 0 aliphatic heterocycles. The van der Waals surface area contributed by atoms with Crippen LogP contribution in [0, 0.1) is 0 Å². The Hall–Kier alpha value is -7.05. The van der Waals surface area contributed by atoms with Gasteiger partial charge in [0, 0.05) is 60.8 Å². The standard InChI is InChI=1S/C45H26N4O2/c1-3-13-27(14-4-1)43-46-44(31-19-11-23-38-41(31)30-18-8-10-22-37(30)50-38)48-45(47-43)32-20-12-24-39-42(32)34-25-33-29-17-7-9-21-35(29)49(28-15-5-2-6-16-28)36(33)26-40(34)51-39/h1-26H. The van der Waals surface area contributed by atoms with E-state index >= 15 is 0 Å². The van der Waals surface area contributed by atoms with Gasteiger partial charge >= 0.3 is 0 Å². The molecule has 6 heteroatoms. The van der Waals surface area contributed by atoms with E-state index in [0.29, 0.717) is 17.5 Å². The Morgan fingerprint density at radius 2 is 0.941 bits per heavy atom. The molecule has 7 aromatic carbocycles. The molecule has 0 unspecified atom stereocenters. The summed E-state index contributed by atoms with van der Waals surface area (Å²) in [5, 5.41) is 6.31. The molecule has 6 nitrogen and oxygen atoms in total. The van der Waals surface area contributed by atoms with Crippen LogP contribution in [0.4, 0.5) is 0 Å². The molecular weight excluding hydrogens is 629 g/mol. The molecule has 0 radical (unpaired) electrons. The topological polar surface area (TPSA) is 69.9 Å². The maximum Gasteiger partial charge on any atom is 0.164 e. The molecule has 0 atom stereocenters. The zero-order valence-electron chi connectivity index (χ0n) is 27.1. The number of hydrogen-bond acceptors (Lipinski definition) is 5. The minimum atomic E-state index is 0.573. The van der Waals surface area contributed by atoms with Crippen LogP contribution in [0.2, 0.25) is 0 Å². The van der Waals surface area contributed by atoms with Crippen LogP contribution in [0.5, 0.6) is 0 Å². The zero-order chi connectivity index (χ0) is 33.5. The van der Waals surface area contributed by atoms with Gasteiger partial charge in [-0.3, -0.25) is 0 Å². The maximum absolute atomic E-state index is 6.64. The van der Waals surface area contributed by atoms with Crippen molar-refractivity contribution in [2.75, 3.05) is 0 Å². The van der Waals surface area contributed by atoms with E-state index < -0.39 is 0 Å². The molecule has 0 saturated carbocycles. The number of benzene rings is 7. The highest BCUT2D eigenvalue weighted by molar-refractivity contribution is 6.20. The largest absolute Gasteiger partial charge is 0.456 e. The van der Waals surface area contributed by atoms with E-state index in [1.54, 1.807) is 0 Å². The molecule has 4 heterocycles. The van der Waals surface area contributed by atoms with Crippen molar-refractivity contribution in [1.82, 2.24) is 19.5 Å². The van der Waals surface area contributed by atoms with Gasteiger partial charge in [-0.2, -0.15) is 0 Å². The van der Waals surface area contributed by atoms with E-state index in [0.717, 1.165) is 82.7 Å². The van der Waals surface area contributed by atoms with Crippen LogP contribution in [0.1, 0.15) is 0 Å². The van der Waals surface area contributed by atoms with Crippen molar-refractivity contribution >= 4 is 65.7 Å². The van der Waals surface area contributed by atoms with E-state index in [2.05, 4.69) is 83.4 Å². The molecule has 0 amide bonds. The summed E-state index contributed by atoms with van der Waals surface area (Å²) in [7, 11) is 0. The van der Waals surface area contributed by atoms with Gasteiger partial charge in [0.2, 0.25) is 0 Å². The van der Waals surface area contributed by atoms with E-state index in [1.807, 2.05) is 78.9 Å². The lowest BCUT2D eigenvalue weighted by Crippen LogP contribution is -2.00. The van der Waals surface area contributed by atoms with E-state index in [-0.39, 0.29) is 0 Å². The third kappa shape index (κ3) is 4.20. The lowest BCUT2D eigenvalue weighted by Gasteiger charge is -2.10. The summed E-state index contributed by atoms with van der Waals surface area (Å²) >= 11 is 0. The second kappa shape index (κ2) is 10.7. The summed E-state index contributed by atoms with van der Waals surface area (Å²) < 4.78 is 15.2. The molecule has 0 bridgehead atoms. The summed E-state index contributed by atoms with van der Waals surface area (Å²) in [6.07, 6.45) is 0. The number of para-hydroxylation sites is 3. The number of fused-ring (bicyclic) bond motifs is 9. The van der Waals surface area contributed by atoms with Crippen molar-refractivity contribution in [3.05, 3.63) is 158 Å². The third-order valence-corrected chi connectivity index (χ3v) is 9.86. The molecule has 0 spiro atoms. The molecule has 0 fully saturated rings. The van der Waals surface area contributed by atoms with Gasteiger partial charge in [-0.25, -0.2) is 15.0 Å². The molecule has 0 N–H and O–H groups in total. The predicted molar refractivity (Wildman–Crippen MR) is 205 cm³/mol. The number of rotatable bonds is 4. The van der Waals surface area contributed by atoms with Crippen LogP contribution in [0.3, 0.4) is 0 Å². The van der Waals surface area contributed by atoms with Crippen molar-refractivity contribution in [3.63, 3.8) is 0 Å². The lowest BCUT2D eigenvalue weighted by molar-refractivity contribution is 0.669. The molecule has 238 valence electrons. The highest BCUT2D eigenvalue weighted by atomic mass is 16.3. The molecular formula is C45H26N4O2. The predicted octanol–water partition coefficient (Wildman–Crippen LogP) is 11.8. The molecule has 11 rings (SSSR count). The van der Waals surface area contributed by atoms with Gasteiger partial charge in [-0.1, -0.05) is 109 Å². The van der Waals surface area contributed by atoms with Gasteiger partial charge < -0.3 is 13.4 Å². The first-order valence-electron chi connectivity index (χ1n) is 16.9. The van der Waals surface area contributed by atoms with Crippen LogP contribution in [-0.2, 0) is 0 Å². The normalized spacial score (nSPS) is 11.9. The summed E-state index contributed by atoms with van der Waals surface area (Å²) in [5.41, 5.74) is 9.20. The molecule has 0 aliphatic rings. The van der Waals surface area contributed by atoms with Gasteiger partial charge in [-0.05, 0) is 42.5 Å². The van der Waals surface area contributed by atoms with Crippen LogP contribution >= 0.6 is 0 Å².